The number of carbonyl (C=O) groups excluding carboxylic acids is 1. The van der Waals surface area contributed by atoms with Crippen molar-refractivity contribution in [2.75, 3.05) is 13.2 Å². The number of aromatic nitrogens is 1. The molecule has 1 aromatic heterocycles. The molecule has 0 spiro atoms. The van der Waals surface area contributed by atoms with E-state index in [4.69, 9.17) is 9.47 Å². The summed E-state index contributed by atoms with van der Waals surface area (Å²) in [5.41, 5.74) is 0.840. The van der Waals surface area contributed by atoms with Gasteiger partial charge in [-0.25, -0.2) is 4.79 Å². The van der Waals surface area contributed by atoms with Gasteiger partial charge in [-0.1, -0.05) is 45.7 Å². The molecule has 0 saturated heterocycles. The molecule has 0 fully saturated rings. The van der Waals surface area contributed by atoms with Gasteiger partial charge in [0.1, 0.15) is 0 Å². The number of pyridine rings is 1. The van der Waals surface area contributed by atoms with Crippen LogP contribution in [-0.4, -0.2) is 23.8 Å². The molecule has 0 radical (unpaired) electrons. The van der Waals surface area contributed by atoms with Gasteiger partial charge in [-0.05, 0) is 37.8 Å². The second-order valence-electron chi connectivity index (χ2n) is 8.10. The molecule has 0 bridgehead atoms. The number of benzene rings is 1. The molecule has 2 rings (SSSR count). The fourth-order valence-electron chi connectivity index (χ4n) is 3.02. The van der Waals surface area contributed by atoms with Gasteiger partial charge in [0.2, 0.25) is 0 Å². The predicted octanol–water partition coefficient (Wildman–Crippen LogP) is 4.71. The van der Waals surface area contributed by atoms with E-state index in [0.29, 0.717) is 29.7 Å². The lowest BCUT2D eigenvalue weighted by Crippen LogP contribution is -2.32. The average Bonchev–Trinajstić information content (AvgIpc) is 2.57. The number of nitrogens with zero attached hydrogens (tertiary/aromatic N) is 1. The number of unbranched alkanes of at least 4 members (excludes halogenated alkanes) is 1. The van der Waals surface area contributed by atoms with E-state index in [9.17, 15) is 9.59 Å². The summed E-state index contributed by atoms with van der Waals surface area (Å²) in [5.74, 6) is -0.0711. The smallest absolute Gasteiger partial charge is 0.358 e. The van der Waals surface area contributed by atoms with E-state index in [1.54, 1.807) is 6.92 Å². The van der Waals surface area contributed by atoms with Crippen molar-refractivity contribution in [1.82, 2.24) is 4.57 Å². The Morgan fingerprint density at radius 1 is 1.15 bits per heavy atom. The monoisotopic (exact) mass is 373 g/mol. The first-order chi connectivity index (χ1) is 12.7. The van der Waals surface area contributed by atoms with Crippen LogP contribution in [0.3, 0.4) is 0 Å². The van der Waals surface area contributed by atoms with Crippen molar-refractivity contribution in [3.63, 3.8) is 0 Å². The van der Waals surface area contributed by atoms with E-state index in [-0.39, 0.29) is 23.3 Å². The molecule has 0 atom stereocenters. The van der Waals surface area contributed by atoms with Gasteiger partial charge in [0.25, 0.3) is 5.56 Å². The molecule has 1 heterocycles. The number of ether oxygens (including phenoxy) is 2. The van der Waals surface area contributed by atoms with Crippen molar-refractivity contribution in [2.45, 2.75) is 60.9 Å². The number of carbonyl (C=O) groups is 1. The zero-order chi connectivity index (χ0) is 20.2. The zero-order valence-electron chi connectivity index (χ0n) is 17.3. The highest BCUT2D eigenvalue weighted by molar-refractivity contribution is 5.99. The number of rotatable bonds is 7. The van der Waals surface area contributed by atoms with Crippen molar-refractivity contribution in [3.05, 3.63) is 39.8 Å². The van der Waals surface area contributed by atoms with Gasteiger partial charge >= 0.3 is 5.97 Å². The number of hydrogen-bond donors (Lipinski definition) is 0. The van der Waals surface area contributed by atoms with E-state index >= 15 is 0 Å². The molecule has 0 amide bonds. The van der Waals surface area contributed by atoms with E-state index in [0.717, 1.165) is 18.4 Å². The molecule has 0 unspecified atom stereocenters. The Balaban J connectivity index is 2.85. The zero-order valence-corrected chi connectivity index (χ0v) is 17.3. The quantitative estimate of drug-likeness (QED) is 0.521. The van der Waals surface area contributed by atoms with E-state index in [1.807, 2.05) is 45.9 Å². The highest BCUT2D eigenvalue weighted by Gasteiger charge is 2.27. The largest absolute Gasteiger partial charge is 0.490 e. The molecule has 27 heavy (non-hydrogen) atoms. The topological polar surface area (TPSA) is 57.5 Å². The Morgan fingerprint density at radius 3 is 2.44 bits per heavy atom. The third-order valence-electron chi connectivity index (χ3n) is 4.23. The van der Waals surface area contributed by atoms with E-state index in [1.165, 1.54) is 4.57 Å². The Kier molecular flexibility index (Phi) is 6.68. The van der Waals surface area contributed by atoms with Crippen LogP contribution in [0.4, 0.5) is 0 Å². The average molecular weight is 373 g/mol. The van der Waals surface area contributed by atoms with Crippen LogP contribution in [0, 0.1) is 12.3 Å². The minimum atomic E-state index is -0.520. The Labute approximate surface area is 161 Å². The van der Waals surface area contributed by atoms with Crippen molar-refractivity contribution in [3.8, 4) is 5.75 Å². The maximum atomic E-state index is 13.2. The van der Waals surface area contributed by atoms with Crippen LogP contribution in [-0.2, 0) is 11.3 Å². The molecule has 148 valence electrons. The van der Waals surface area contributed by atoms with Crippen molar-refractivity contribution >= 4 is 16.7 Å². The van der Waals surface area contributed by atoms with Crippen LogP contribution in [0.15, 0.2) is 23.0 Å². The molecular formula is C22H31NO4. The molecule has 1 aromatic carbocycles. The second-order valence-corrected chi connectivity index (χ2v) is 8.10. The lowest BCUT2D eigenvalue weighted by atomic mass is 9.96. The Bertz CT molecular complexity index is 874. The fourth-order valence-corrected chi connectivity index (χ4v) is 3.02. The fraction of sp³-hybridized carbons (Fsp3) is 0.545. The summed E-state index contributed by atoms with van der Waals surface area (Å²) >= 11 is 0. The summed E-state index contributed by atoms with van der Waals surface area (Å²) in [6.07, 6.45) is 1.85. The summed E-state index contributed by atoms with van der Waals surface area (Å²) in [5, 5.41) is 1.23. The number of esters is 1. The first-order valence-electron chi connectivity index (χ1n) is 9.66. The van der Waals surface area contributed by atoms with E-state index < -0.39 is 5.97 Å². The van der Waals surface area contributed by atoms with E-state index in [2.05, 4.69) is 6.92 Å². The first kappa shape index (κ1) is 21.0. The molecule has 0 aliphatic carbocycles. The summed E-state index contributed by atoms with van der Waals surface area (Å²) in [6, 6.07) is 5.63. The SMILES string of the molecule is CCCCOc1c(C(=O)OCC)n(CC(C)(C)C)c(=O)c2ccc(C)cc12. The van der Waals surface area contributed by atoms with Crippen molar-refractivity contribution < 1.29 is 14.3 Å². The van der Waals surface area contributed by atoms with Gasteiger partial charge in [0, 0.05) is 11.9 Å². The van der Waals surface area contributed by atoms with Gasteiger partial charge in [-0.15, -0.1) is 0 Å². The molecule has 5 nitrogen and oxygen atoms in total. The number of aryl methyl sites for hydroxylation is 1. The summed E-state index contributed by atoms with van der Waals surface area (Å²) in [6.45, 7) is 13.0. The Morgan fingerprint density at radius 2 is 1.85 bits per heavy atom. The third kappa shape index (κ3) is 4.90. The maximum absolute atomic E-state index is 13.2. The maximum Gasteiger partial charge on any atom is 0.358 e. The lowest BCUT2D eigenvalue weighted by Gasteiger charge is -2.24. The first-order valence-corrected chi connectivity index (χ1v) is 9.66. The van der Waals surface area contributed by atoms with Gasteiger partial charge in [-0.3, -0.25) is 9.36 Å². The number of fused-ring (bicyclic) bond motifs is 1. The van der Waals surface area contributed by atoms with Crippen molar-refractivity contribution in [2.24, 2.45) is 5.41 Å². The second kappa shape index (κ2) is 8.59. The molecular weight excluding hydrogens is 342 g/mol. The summed E-state index contributed by atoms with van der Waals surface area (Å²) < 4.78 is 12.9. The van der Waals surface area contributed by atoms with Gasteiger partial charge in [0.05, 0.1) is 18.6 Å². The van der Waals surface area contributed by atoms with Crippen LogP contribution < -0.4 is 10.3 Å². The highest BCUT2D eigenvalue weighted by Crippen LogP contribution is 2.31. The van der Waals surface area contributed by atoms with Crippen molar-refractivity contribution in [1.29, 1.82) is 0 Å². The number of hydrogen-bond acceptors (Lipinski definition) is 4. The van der Waals surface area contributed by atoms with Crippen LogP contribution in [0.25, 0.3) is 10.8 Å². The van der Waals surface area contributed by atoms with Gasteiger partial charge in [-0.2, -0.15) is 0 Å². The van der Waals surface area contributed by atoms with Crippen LogP contribution in [0.2, 0.25) is 0 Å². The molecule has 0 N–H and O–H groups in total. The molecule has 0 saturated carbocycles. The summed E-state index contributed by atoms with van der Waals surface area (Å²) in [7, 11) is 0. The van der Waals surface area contributed by atoms with Crippen LogP contribution in [0.1, 0.15) is 63.5 Å². The standard InChI is InChI=1S/C22H31NO4/c1-7-9-12-27-19-17-13-15(3)10-11-16(17)20(24)23(14-22(4,5)6)18(19)21(25)26-8-2/h10-11,13H,7-9,12,14H2,1-6H3. The molecule has 0 aliphatic heterocycles. The molecule has 0 aliphatic rings. The lowest BCUT2D eigenvalue weighted by molar-refractivity contribution is 0.0504. The van der Waals surface area contributed by atoms with Crippen LogP contribution >= 0.6 is 0 Å². The normalized spacial score (nSPS) is 11.6. The molecule has 5 heteroatoms. The van der Waals surface area contributed by atoms with Crippen LogP contribution in [0.5, 0.6) is 5.75 Å². The molecule has 2 aromatic rings. The van der Waals surface area contributed by atoms with Gasteiger partial charge < -0.3 is 9.47 Å². The minimum Gasteiger partial charge on any atom is -0.490 e. The third-order valence-corrected chi connectivity index (χ3v) is 4.23. The summed E-state index contributed by atoms with van der Waals surface area (Å²) in [4.78, 5) is 26.1. The minimum absolute atomic E-state index is 0.189. The predicted molar refractivity (Wildman–Crippen MR) is 109 cm³/mol. The Hall–Kier alpha value is -2.30. The van der Waals surface area contributed by atoms with Gasteiger partial charge in [0.15, 0.2) is 11.4 Å². The highest BCUT2D eigenvalue weighted by atomic mass is 16.5.